The summed E-state index contributed by atoms with van der Waals surface area (Å²) < 4.78 is 60.1. The largest absolute Gasteiger partial charge is 0.492 e. The van der Waals surface area contributed by atoms with E-state index in [-0.39, 0.29) is 29.2 Å². The lowest BCUT2D eigenvalue weighted by molar-refractivity contribution is -0.117. The minimum Gasteiger partial charge on any atom is -0.492 e. The maximum absolute atomic E-state index is 13.9. The zero-order valence-electron chi connectivity index (χ0n) is 18.8. The summed E-state index contributed by atoms with van der Waals surface area (Å²) in [7, 11) is -2.05. The Labute approximate surface area is 193 Å². The molecule has 7 nitrogen and oxygen atoms in total. The van der Waals surface area contributed by atoms with Crippen LogP contribution < -0.4 is 10.1 Å². The van der Waals surface area contributed by atoms with Gasteiger partial charge in [-0.25, -0.2) is 17.2 Å². The van der Waals surface area contributed by atoms with Gasteiger partial charge in [-0.3, -0.25) is 9.69 Å². The maximum atomic E-state index is 13.9. The summed E-state index contributed by atoms with van der Waals surface area (Å²) in [6.45, 7) is 3.08. The lowest BCUT2D eigenvalue weighted by Crippen LogP contribution is -2.35. The summed E-state index contributed by atoms with van der Waals surface area (Å²) in [4.78, 5) is 14.3. The molecule has 2 aromatic carbocycles. The quantitative estimate of drug-likeness (QED) is 0.592. The lowest BCUT2D eigenvalue weighted by Gasteiger charge is -2.26. The minimum atomic E-state index is -3.68. The highest BCUT2D eigenvalue weighted by Crippen LogP contribution is 2.30. The average molecular weight is 482 g/mol. The molecule has 1 aliphatic heterocycles. The molecule has 0 atom stereocenters. The molecular weight excluding hydrogens is 452 g/mol. The van der Waals surface area contributed by atoms with E-state index in [4.69, 9.17) is 4.74 Å². The van der Waals surface area contributed by atoms with Crippen LogP contribution in [0.15, 0.2) is 41.3 Å². The van der Waals surface area contributed by atoms with Crippen molar-refractivity contribution in [1.29, 1.82) is 0 Å². The molecule has 180 valence electrons. The van der Waals surface area contributed by atoms with Gasteiger partial charge in [0, 0.05) is 31.3 Å². The van der Waals surface area contributed by atoms with Crippen molar-refractivity contribution in [1.82, 2.24) is 9.21 Å². The molecule has 0 saturated carbocycles. The Balaban J connectivity index is 1.73. The fourth-order valence-corrected chi connectivity index (χ4v) is 5.28. The number of ether oxygens (including phenoxy) is 1. The molecule has 1 N–H and O–H groups in total. The Hall–Kier alpha value is -2.56. The molecule has 1 aliphatic rings. The Bertz CT molecular complexity index is 1090. The third-order valence-corrected chi connectivity index (χ3v) is 7.24. The zero-order valence-corrected chi connectivity index (χ0v) is 19.6. The van der Waals surface area contributed by atoms with Crippen LogP contribution in [0.1, 0.15) is 31.7 Å². The van der Waals surface area contributed by atoms with Crippen LogP contribution in [0.2, 0.25) is 0 Å². The maximum Gasteiger partial charge on any atom is 0.243 e. The van der Waals surface area contributed by atoms with E-state index in [0.717, 1.165) is 31.4 Å². The standard InChI is InChI=1S/C23H29F2N3O4S/c1-3-32-22-10-9-19(33(30,31)28-11-5-4-6-12-28)14-21(22)26-23(29)16-27(2)15-17-7-8-18(24)13-20(17)25/h7-10,13-14H,3-6,11-12,15-16H2,1-2H3,(H,26,29). The molecule has 0 radical (unpaired) electrons. The van der Waals surface area contributed by atoms with Gasteiger partial charge in [0.05, 0.1) is 23.7 Å². The molecule has 0 spiro atoms. The van der Waals surface area contributed by atoms with Crippen molar-refractivity contribution in [3.63, 3.8) is 0 Å². The van der Waals surface area contributed by atoms with Crippen molar-refractivity contribution in [2.75, 3.05) is 38.6 Å². The summed E-state index contributed by atoms with van der Waals surface area (Å²) in [5.41, 5.74) is 0.512. The Morgan fingerprint density at radius 1 is 1.12 bits per heavy atom. The number of hydrogen-bond donors (Lipinski definition) is 1. The van der Waals surface area contributed by atoms with E-state index >= 15 is 0 Å². The van der Waals surface area contributed by atoms with Gasteiger partial charge < -0.3 is 10.1 Å². The van der Waals surface area contributed by atoms with Crippen LogP contribution in [-0.2, 0) is 21.4 Å². The van der Waals surface area contributed by atoms with Gasteiger partial charge in [-0.1, -0.05) is 12.5 Å². The number of nitrogens with one attached hydrogen (secondary N) is 1. The second-order valence-corrected chi connectivity index (χ2v) is 9.95. The number of carbonyl (C=O) groups is 1. The van der Waals surface area contributed by atoms with E-state index in [1.165, 1.54) is 28.6 Å². The van der Waals surface area contributed by atoms with Crippen LogP contribution >= 0.6 is 0 Å². The summed E-state index contributed by atoms with van der Waals surface area (Å²) in [6.07, 6.45) is 2.65. The number of amides is 1. The van der Waals surface area contributed by atoms with Gasteiger partial charge in [0.25, 0.3) is 0 Å². The molecule has 1 amide bonds. The van der Waals surface area contributed by atoms with Gasteiger partial charge in [0.2, 0.25) is 15.9 Å². The molecule has 0 bridgehead atoms. The number of benzene rings is 2. The molecule has 1 heterocycles. The Morgan fingerprint density at radius 3 is 2.52 bits per heavy atom. The number of halogens is 2. The molecule has 3 rings (SSSR count). The summed E-state index contributed by atoms with van der Waals surface area (Å²) in [5, 5.41) is 2.71. The Kier molecular flexibility index (Phi) is 8.39. The third kappa shape index (κ3) is 6.49. The highest BCUT2D eigenvalue weighted by Gasteiger charge is 2.27. The van der Waals surface area contributed by atoms with E-state index in [1.807, 2.05) is 0 Å². The van der Waals surface area contributed by atoms with Gasteiger partial charge in [-0.05, 0) is 51.1 Å². The van der Waals surface area contributed by atoms with Crippen molar-refractivity contribution < 1.29 is 26.7 Å². The predicted octanol–water partition coefficient (Wildman–Crippen LogP) is 3.61. The number of likely N-dealkylation sites (N-methyl/N-ethyl adjacent to an activating group) is 1. The van der Waals surface area contributed by atoms with Gasteiger partial charge >= 0.3 is 0 Å². The number of hydrogen-bond acceptors (Lipinski definition) is 5. The van der Waals surface area contributed by atoms with Crippen LogP contribution in [0.4, 0.5) is 14.5 Å². The first kappa shape index (κ1) is 25.1. The Morgan fingerprint density at radius 2 is 1.85 bits per heavy atom. The van der Waals surface area contributed by atoms with Gasteiger partial charge in [0.15, 0.2) is 0 Å². The second kappa shape index (κ2) is 11.0. The number of anilines is 1. The lowest BCUT2D eigenvalue weighted by atomic mass is 10.2. The topological polar surface area (TPSA) is 79.0 Å². The number of carbonyl (C=O) groups excluding carboxylic acids is 1. The van der Waals surface area contributed by atoms with Gasteiger partial charge in [-0.15, -0.1) is 0 Å². The van der Waals surface area contributed by atoms with Gasteiger partial charge in [-0.2, -0.15) is 4.31 Å². The van der Waals surface area contributed by atoms with Crippen LogP contribution in [0, 0.1) is 11.6 Å². The summed E-state index contributed by atoms with van der Waals surface area (Å²) in [6, 6.07) is 7.72. The van der Waals surface area contributed by atoms with Crippen molar-refractivity contribution in [2.24, 2.45) is 0 Å². The molecular formula is C23H29F2N3O4S. The van der Waals surface area contributed by atoms with Crippen molar-refractivity contribution >= 4 is 21.6 Å². The number of sulfonamides is 1. The molecule has 0 aliphatic carbocycles. The zero-order chi connectivity index (χ0) is 24.0. The molecule has 33 heavy (non-hydrogen) atoms. The highest BCUT2D eigenvalue weighted by molar-refractivity contribution is 7.89. The highest BCUT2D eigenvalue weighted by atomic mass is 32.2. The number of nitrogens with zero attached hydrogens (tertiary/aromatic N) is 2. The van der Waals surface area contributed by atoms with E-state index in [1.54, 1.807) is 18.9 Å². The molecule has 10 heteroatoms. The van der Waals surface area contributed by atoms with Crippen molar-refractivity contribution in [3.8, 4) is 5.75 Å². The summed E-state index contributed by atoms with van der Waals surface area (Å²) >= 11 is 0. The summed E-state index contributed by atoms with van der Waals surface area (Å²) in [5.74, 6) is -1.42. The first-order chi connectivity index (χ1) is 15.7. The smallest absolute Gasteiger partial charge is 0.243 e. The van der Waals surface area contributed by atoms with Crippen LogP contribution in [0.5, 0.6) is 5.75 Å². The third-order valence-electron chi connectivity index (χ3n) is 5.35. The van der Waals surface area contributed by atoms with Crippen LogP contribution in [0.3, 0.4) is 0 Å². The second-order valence-electron chi connectivity index (χ2n) is 8.01. The monoisotopic (exact) mass is 481 g/mol. The molecule has 0 aromatic heterocycles. The fourth-order valence-electron chi connectivity index (χ4n) is 3.73. The van der Waals surface area contributed by atoms with E-state index in [0.29, 0.717) is 25.4 Å². The molecule has 2 aromatic rings. The van der Waals surface area contributed by atoms with E-state index in [9.17, 15) is 22.0 Å². The SMILES string of the molecule is CCOc1ccc(S(=O)(=O)N2CCCCC2)cc1NC(=O)CN(C)Cc1ccc(F)cc1F. The first-order valence-corrected chi connectivity index (χ1v) is 12.3. The van der Waals surface area contributed by atoms with E-state index in [2.05, 4.69) is 5.32 Å². The van der Waals surface area contributed by atoms with Crippen molar-refractivity contribution in [2.45, 2.75) is 37.6 Å². The van der Waals surface area contributed by atoms with Crippen LogP contribution in [-0.4, -0.2) is 56.8 Å². The number of rotatable bonds is 9. The molecule has 0 unspecified atom stereocenters. The molecule has 1 fully saturated rings. The normalized spacial score (nSPS) is 14.9. The van der Waals surface area contributed by atoms with Crippen LogP contribution in [0.25, 0.3) is 0 Å². The predicted molar refractivity (Wildman–Crippen MR) is 122 cm³/mol. The van der Waals surface area contributed by atoms with E-state index < -0.39 is 27.6 Å². The van der Waals surface area contributed by atoms with Gasteiger partial charge in [0.1, 0.15) is 17.4 Å². The number of piperidine rings is 1. The van der Waals surface area contributed by atoms with Crippen molar-refractivity contribution in [3.05, 3.63) is 53.6 Å². The average Bonchev–Trinajstić information content (AvgIpc) is 2.77. The molecule has 1 saturated heterocycles. The fraction of sp³-hybridized carbons (Fsp3) is 0.435. The minimum absolute atomic E-state index is 0.0879. The first-order valence-electron chi connectivity index (χ1n) is 10.9.